The summed E-state index contributed by atoms with van der Waals surface area (Å²) in [4.78, 5) is 36.9. The number of hydrogen-bond acceptors (Lipinski definition) is 3. The zero-order valence-electron chi connectivity index (χ0n) is 13.6. The number of amides is 2. The van der Waals surface area contributed by atoms with Gasteiger partial charge in [-0.2, -0.15) is 0 Å². The van der Waals surface area contributed by atoms with Crippen LogP contribution in [-0.4, -0.2) is 46.4 Å². The molecule has 1 saturated carbocycles. The normalized spacial score (nSPS) is 14.9. The summed E-state index contributed by atoms with van der Waals surface area (Å²) in [5.41, 5.74) is 2.58. The minimum atomic E-state index is -1.04. The molecule has 1 aromatic carbocycles. The van der Waals surface area contributed by atoms with Gasteiger partial charge in [0.1, 0.15) is 6.04 Å². The van der Waals surface area contributed by atoms with Gasteiger partial charge in [0.25, 0.3) is 5.91 Å². The van der Waals surface area contributed by atoms with Crippen LogP contribution in [0, 0.1) is 13.8 Å². The Hall–Kier alpha value is -2.37. The molecule has 0 bridgehead atoms. The average Bonchev–Trinajstić information content (AvgIpc) is 3.32. The predicted octanol–water partition coefficient (Wildman–Crippen LogP) is 1.50. The molecule has 1 aromatic rings. The number of nitrogens with zero attached hydrogens (tertiary/aromatic N) is 1. The SMILES string of the molecule is Cc1ccc(C(=O)NCC(=O)N(C2CC2)C(C)C(=O)O)cc1C. The van der Waals surface area contributed by atoms with E-state index in [0.717, 1.165) is 24.0 Å². The molecule has 124 valence electrons. The third-order valence-electron chi connectivity index (χ3n) is 4.17. The average molecular weight is 318 g/mol. The summed E-state index contributed by atoms with van der Waals surface area (Å²) >= 11 is 0. The van der Waals surface area contributed by atoms with Crippen molar-refractivity contribution in [2.45, 2.75) is 45.7 Å². The van der Waals surface area contributed by atoms with E-state index < -0.39 is 12.0 Å². The van der Waals surface area contributed by atoms with Crippen molar-refractivity contribution >= 4 is 17.8 Å². The summed E-state index contributed by atoms with van der Waals surface area (Å²) in [7, 11) is 0. The lowest BCUT2D eigenvalue weighted by Crippen LogP contribution is -2.48. The van der Waals surface area contributed by atoms with Gasteiger partial charge in [-0.1, -0.05) is 6.07 Å². The number of benzene rings is 1. The van der Waals surface area contributed by atoms with Crippen molar-refractivity contribution in [3.05, 3.63) is 34.9 Å². The number of carbonyl (C=O) groups excluding carboxylic acids is 2. The highest BCUT2D eigenvalue weighted by atomic mass is 16.4. The molecule has 0 radical (unpaired) electrons. The lowest BCUT2D eigenvalue weighted by molar-refractivity contribution is -0.149. The van der Waals surface area contributed by atoms with Crippen molar-refractivity contribution in [3.63, 3.8) is 0 Å². The monoisotopic (exact) mass is 318 g/mol. The Balaban J connectivity index is 1.98. The molecule has 6 nitrogen and oxygen atoms in total. The Bertz CT molecular complexity index is 637. The minimum Gasteiger partial charge on any atom is -0.480 e. The first-order chi connectivity index (χ1) is 10.8. The zero-order valence-corrected chi connectivity index (χ0v) is 13.6. The maximum Gasteiger partial charge on any atom is 0.326 e. The van der Waals surface area contributed by atoms with Crippen LogP contribution in [0.3, 0.4) is 0 Å². The smallest absolute Gasteiger partial charge is 0.326 e. The Kier molecular flexibility index (Phi) is 5.03. The van der Waals surface area contributed by atoms with Crippen molar-refractivity contribution in [3.8, 4) is 0 Å². The Morgan fingerprint density at radius 1 is 1.26 bits per heavy atom. The van der Waals surface area contributed by atoms with Crippen LogP contribution < -0.4 is 5.32 Å². The number of rotatable bonds is 6. The van der Waals surface area contributed by atoms with E-state index in [0.29, 0.717) is 5.56 Å². The van der Waals surface area contributed by atoms with Gasteiger partial charge in [0.2, 0.25) is 5.91 Å². The van der Waals surface area contributed by atoms with Crippen LogP contribution in [0.1, 0.15) is 41.3 Å². The lowest BCUT2D eigenvalue weighted by atomic mass is 10.1. The first kappa shape index (κ1) is 17.0. The van der Waals surface area contributed by atoms with E-state index in [4.69, 9.17) is 5.11 Å². The van der Waals surface area contributed by atoms with Gasteiger partial charge in [-0.3, -0.25) is 9.59 Å². The molecule has 0 spiro atoms. The number of carboxylic acids is 1. The van der Waals surface area contributed by atoms with Gasteiger partial charge in [0.05, 0.1) is 6.54 Å². The maximum atomic E-state index is 12.3. The van der Waals surface area contributed by atoms with Crippen LogP contribution in [0.4, 0.5) is 0 Å². The summed E-state index contributed by atoms with van der Waals surface area (Å²) in [5.74, 6) is -1.73. The second kappa shape index (κ2) is 6.81. The van der Waals surface area contributed by atoms with E-state index in [-0.39, 0.29) is 24.4 Å². The summed E-state index contributed by atoms with van der Waals surface area (Å²) < 4.78 is 0. The molecule has 6 heteroatoms. The highest BCUT2D eigenvalue weighted by Gasteiger charge is 2.38. The van der Waals surface area contributed by atoms with Gasteiger partial charge < -0.3 is 15.3 Å². The number of hydrogen-bond donors (Lipinski definition) is 2. The van der Waals surface area contributed by atoms with E-state index in [1.54, 1.807) is 12.1 Å². The van der Waals surface area contributed by atoms with Crippen LogP contribution in [0.2, 0.25) is 0 Å². The van der Waals surface area contributed by atoms with Gasteiger partial charge in [0, 0.05) is 11.6 Å². The van der Waals surface area contributed by atoms with Crippen LogP contribution in [0.25, 0.3) is 0 Å². The van der Waals surface area contributed by atoms with E-state index in [1.165, 1.54) is 11.8 Å². The summed E-state index contributed by atoms with van der Waals surface area (Å²) in [5, 5.41) is 11.7. The van der Waals surface area contributed by atoms with Crippen molar-refractivity contribution in [2.75, 3.05) is 6.54 Å². The molecule has 1 aliphatic rings. The second-order valence-corrected chi connectivity index (χ2v) is 6.03. The Labute approximate surface area is 135 Å². The molecular weight excluding hydrogens is 296 g/mol. The molecule has 23 heavy (non-hydrogen) atoms. The van der Waals surface area contributed by atoms with E-state index >= 15 is 0 Å². The second-order valence-electron chi connectivity index (χ2n) is 6.03. The highest BCUT2D eigenvalue weighted by molar-refractivity contribution is 5.97. The minimum absolute atomic E-state index is 0.0212. The fourth-order valence-electron chi connectivity index (χ4n) is 2.44. The number of aliphatic carboxylic acids is 1. The van der Waals surface area contributed by atoms with Crippen LogP contribution in [0.15, 0.2) is 18.2 Å². The molecule has 2 rings (SSSR count). The quantitative estimate of drug-likeness (QED) is 0.832. The summed E-state index contributed by atoms with van der Waals surface area (Å²) in [6.07, 6.45) is 1.63. The van der Waals surface area contributed by atoms with E-state index in [1.807, 2.05) is 19.9 Å². The van der Waals surface area contributed by atoms with E-state index in [9.17, 15) is 14.4 Å². The molecule has 0 heterocycles. The maximum absolute atomic E-state index is 12.3. The first-order valence-electron chi connectivity index (χ1n) is 7.70. The van der Waals surface area contributed by atoms with Crippen molar-refractivity contribution in [2.24, 2.45) is 0 Å². The molecule has 0 aromatic heterocycles. The molecule has 1 unspecified atom stereocenters. The third kappa shape index (κ3) is 4.09. The fraction of sp³-hybridized carbons (Fsp3) is 0.471. The predicted molar refractivity (Wildman–Crippen MR) is 85.2 cm³/mol. The summed E-state index contributed by atoms with van der Waals surface area (Å²) in [6, 6.07) is 4.43. The number of carboxylic acid groups (broad SMARTS) is 1. The van der Waals surface area contributed by atoms with Crippen LogP contribution in [0.5, 0.6) is 0 Å². The highest BCUT2D eigenvalue weighted by Crippen LogP contribution is 2.28. The zero-order chi connectivity index (χ0) is 17.1. The van der Waals surface area contributed by atoms with Crippen LogP contribution in [-0.2, 0) is 9.59 Å². The Morgan fingerprint density at radius 3 is 2.43 bits per heavy atom. The Morgan fingerprint density at radius 2 is 1.91 bits per heavy atom. The molecule has 1 aliphatic carbocycles. The van der Waals surface area contributed by atoms with E-state index in [2.05, 4.69) is 5.32 Å². The van der Waals surface area contributed by atoms with Crippen molar-refractivity contribution in [1.82, 2.24) is 10.2 Å². The molecule has 0 saturated heterocycles. The first-order valence-corrected chi connectivity index (χ1v) is 7.70. The molecule has 2 amide bonds. The largest absolute Gasteiger partial charge is 0.480 e. The standard InChI is InChI=1S/C17H22N2O4/c1-10-4-5-13(8-11(10)2)16(21)18-9-15(20)19(14-6-7-14)12(3)17(22)23/h4-5,8,12,14H,6-7,9H2,1-3H3,(H,18,21)(H,22,23). The summed E-state index contributed by atoms with van der Waals surface area (Å²) in [6.45, 7) is 5.17. The van der Waals surface area contributed by atoms with Crippen molar-refractivity contribution < 1.29 is 19.5 Å². The molecule has 0 aliphatic heterocycles. The number of aryl methyl sites for hydroxylation is 2. The van der Waals surface area contributed by atoms with Gasteiger partial charge in [-0.05, 0) is 56.9 Å². The fourth-order valence-corrected chi connectivity index (χ4v) is 2.44. The topological polar surface area (TPSA) is 86.7 Å². The van der Waals surface area contributed by atoms with Gasteiger partial charge in [-0.25, -0.2) is 4.79 Å². The number of carbonyl (C=O) groups is 3. The van der Waals surface area contributed by atoms with Gasteiger partial charge in [0.15, 0.2) is 0 Å². The lowest BCUT2D eigenvalue weighted by Gasteiger charge is -2.26. The molecule has 1 atom stereocenters. The van der Waals surface area contributed by atoms with Crippen LogP contribution >= 0.6 is 0 Å². The number of nitrogens with one attached hydrogen (secondary N) is 1. The third-order valence-corrected chi connectivity index (χ3v) is 4.17. The molecule has 1 fully saturated rings. The van der Waals surface area contributed by atoms with Gasteiger partial charge >= 0.3 is 5.97 Å². The van der Waals surface area contributed by atoms with Gasteiger partial charge in [-0.15, -0.1) is 0 Å². The van der Waals surface area contributed by atoms with Crippen molar-refractivity contribution in [1.29, 1.82) is 0 Å². The molecule has 2 N–H and O–H groups in total. The molecular formula is C17H22N2O4.